The molecule has 2 fully saturated rings. The Bertz CT molecular complexity index is 640. The molecule has 0 saturated heterocycles. The fourth-order valence-electron chi connectivity index (χ4n) is 2.82. The van der Waals surface area contributed by atoms with Gasteiger partial charge in [-0.05, 0) is 31.6 Å². The Kier molecular flexibility index (Phi) is 5.66. The second kappa shape index (κ2) is 7.76. The molecule has 8 heteroatoms. The number of hydrogen-bond donors (Lipinski definition) is 1. The zero-order chi connectivity index (χ0) is 18.0. The van der Waals surface area contributed by atoms with E-state index in [4.69, 9.17) is 4.74 Å². The Balaban J connectivity index is 1.59. The van der Waals surface area contributed by atoms with E-state index < -0.39 is 12.0 Å². The summed E-state index contributed by atoms with van der Waals surface area (Å²) in [5.74, 6) is 1.30. The van der Waals surface area contributed by atoms with Crippen LogP contribution in [-0.4, -0.2) is 45.5 Å². The number of hydrogen-bond acceptors (Lipinski definition) is 6. The summed E-state index contributed by atoms with van der Waals surface area (Å²) in [5.41, 5.74) is 0. The topological polar surface area (TPSA) is 86.1 Å². The second-order valence-electron chi connectivity index (χ2n) is 6.96. The lowest BCUT2D eigenvalue weighted by Crippen LogP contribution is -2.46. The highest BCUT2D eigenvalue weighted by Gasteiger charge is 2.36. The fourth-order valence-corrected chi connectivity index (χ4v) is 3.65. The molecule has 138 valence electrons. The molecule has 0 spiro atoms. The van der Waals surface area contributed by atoms with Crippen LogP contribution in [0, 0.1) is 5.92 Å². The predicted molar refractivity (Wildman–Crippen MR) is 94.4 cm³/mol. The highest BCUT2D eigenvalue weighted by molar-refractivity contribution is 7.99. The van der Waals surface area contributed by atoms with Crippen LogP contribution in [0.5, 0.6) is 0 Å². The number of carbonyl (C=O) groups excluding carboxylic acids is 2. The lowest BCUT2D eigenvalue weighted by Gasteiger charge is -2.21. The van der Waals surface area contributed by atoms with Gasteiger partial charge < -0.3 is 14.6 Å². The maximum atomic E-state index is 12.3. The van der Waals surface area contributed by atoms with Crippen molar-refractivity contribution in [3.63, 3.8) is 0 Å². The van der Waals surface area contributed by atoms with Crippen LogP contribution in [-0.2, 0) is 14.3 Å². The minimum Gasteiger partial charge on any atom is -0.467 e. The molecule has 1 aromatic rings. The van der Waals surface area contributed by atoms with Gasteiger partial charge in [-0.15, -0.1) is 10.2 Å². The van der Waals surface area contributed by atoms with Gasteiger partial charge in [-0.25, -0.2) is 4.79 Å². The van der Waals surface area contributed by atoms with E-state index in [1.165, 1.54) is 31.7 Å². The molecule has 7 nitrogen and oxygen atoms in total. The van der Waals surface area contributed by atoms with Gasteiger partial charge in [0.1, 0.15) is 11.9 Å². The van der Waals surface area contributed by atoms with E-state index in [1.807, 2.05) is 13.8 Å². The van der Waals surface area contributed by atoms with E-state index in [2.05, 4.69) is 20.1 Å². The van der Waals surface area contributed by atoms with Crippen LogP contribution in [0.3, 0.4) is 0 Å². The number of methoxy groups -OCH3 is 1. The molecule has 2 aliphatic rings. The first kappa shape index (κ1) is 18.2. The van der Waals surface area contributed by atoms with Gasteiger partial charge in [0.15, 0.2) is 5.16 Å². The highest BCUT2D eigenvalue weighted by Crippen LogP contribution is 2.45. The third kappa shape index (κ3) is 4.34. The number of aromatic nitrogens is 3. The summed E-state index contributed by atoms with van der Waals surface area (Å²) < 4.78 is 7.03. The average molecular weight is 366 g/mol. The molecule has 0 bridgehead atoms. The van der Waals surface area contributed by atoms with Crippen molar-refractivity contribution in [2.45, 2.75) is 69.1 Å². The molecule has 1 aromatic heterocycles. The number of amides is 1. The van der Waals surface area contributed by atoms with Gasteiger partial charge in [0.05, 0.1) is 12.9 Å². The van der Waals surface area contributed by atoms with Gasteiger partial charge in [0.2, 0.25) is 5.91 Å². The second-order valence-corrected chi connectivity index (χ2v) is 7.90. The number of esters is 1. The molecular formula is C17H26N4O3S. The monoisotopic (exact) mass is 366 g/mol. The first-order valence-corrected chi connectivity index (χ1v) is 9.98. The number of nitrogens with one attached hydrogen (secondary N) is 1. The van der Waals surface area contributed by atoms with Crippen LogP contribution in [0.25, 0.3) is 0 Å². The zero-order valence-electron chi connectivity index (χ0n) is 15.0. The van der Waals surface area contributed by atoms with Gasteiger partial charge in [-0.2, -0.15) is 0 Å². The SMILES string of the molecule is CC[C@H](C)[C@H](NC(=O)CSc1nnc(C2CC2)n1C1CC1)C(=O)OC. The summed E-state index contributed by atoms with van der Waals surface area (Å²) in [4.78, 5) is 24.2. The number of ether oxygens (including phenoxy) is 1. The smallest absolute Gasteiger partial charge is 0.328 e. The number of rotatable bonds is 9. The molecule has 1 heterocycles. The van der Waals surface area contributed by atoms with Crippen LogP contribution in [0.4, 0.5) is 0 Å². The molecule has 25 heavy (non-hydrogen) atoms. The molecule has 0 unspecified atom stereocenters. The number of thioether (sulfide) groups is 1. The molecular weight excluding hydrogens is 340 g/mol. The Morgan fingerprint density at radius 3 is 2.60 bits per heavy atom. The molecule has 0 aromatic carbocycles. The summed E-state index contributed by atoms with van der Waals surface area (Å²) in [6, 6.07) is -0.106. The lowest BCUT2D eigenvalue weighted by molar-refractivity contribution is -0.146. The Labute approximate surface area is 152 Å². The number of nitrogens with zero attached hydrogens (tertiary/aromatic N) is 3. The molecule has 2 aliphatic carbocycles. The molecule has 2 atom stereocenters. The third-order valence-corrected chi connectivity index (χ3v) is 5.81. The molecule has 3 rings (SSSR count). The summed E-state index contributed by atoms with van der Waals surface area (Å²) in [7, 11) is 1.34. The summed E-state index contributed by atoms with van der Waals surface area (Å²) >= 11 is 1.40. The van der Waals surface area contributed by atoms with Gasteiger partial charge in [0.25, 0.3) is 0 Å². The average Bonchev–Trinajstić information content (AvgIpc) is 3.55. The van der Waals surface area contributed by atoms with Crippen molar-refractivity contribution in [3.05, 3.63) is 5.82 Å². The normalized spacial score (nSPS) is 19.3. The van der Waals surface area contributed by atoms with Crippen molar-refractivity contribution in [1.29, 1.82) is 0 Å². The Morgan fingerprint density at radius 2 is 2.04 bits per heavy atom. The van der Waals surface area contributed by atoms with E-state index in [0.717, 1.165) is 30.2 Å². The van der Waals surface area contributed by atoms with Crippen molar-refractivity contribution in [3.8, 4) is 0 Å². The zero-order valence-corrected chi connectivity index (χ0v) is 15.8. The maximum absolute atomic E-state index is 12.3. The molecule has 0 aliphatic heterocycles. The van der Waals surface area contributed by atoms with Crippen LogP contribution < -0.4 is 5.32 Å². The van der Waals surface area contributed by atoms with E-state index >= 15 is 0 Å². The van der Waals surface area contributed by atoms with Gasteiger partial charge >= 0.3 is 5.97 Å². The van der Waals surface area contributed by atoms with Crippen molar-refractivity contribution in [2.75, 3.05) is 12.9 Å². The van der Waals surface area contributed by atoms with Gasteiger partial charge in [-0.3, -0.25) is 4.79 Å². The van der Waals surface area contributed by atoms with E-state index in [0.29, 0.717) is 12.0 Å². The molecule has 1 amide bonds. The minimum atomic E-state index is -0.605. The van der Waals surface area contributed by atoms with Crippen molar-refractivity contribution >= 4 is 23.6 Å². The number of carbonyl (C=O) groups is 2. The predicted octanol–water partition coefficient (Wildman–Crippen LogP) is 2.29. The molecule has 0 radical (unpaired) electrons. The van der Waals surface area contributed by atoms with Crippen molar-refractivity contribution < 1.29 is 14.3 Å². The molecule has 1 N–H and O–H groups in total. The lowest BCUT2D eigenvalue weighted by atomic mass is 9.99. The van der Waals surface area contributed by atoms with Gasteiger partial charge in [-0.1, -0.05) is 32.0 Å². The molecule has 2 saturated carbocycles. The Hall–Kier alpha value is -1.57. The fraction of sp³-hybridized carbons (Fsp3) is 0.765. The largest absolute Gasteiger partial charge is 0.467 e. The van der Waals surface area contributed by atoms with E-state index in [-0.39, 0.29) is 17.6 Å². The summed E-state index contributed by atoms with van der Waals surface area (Å²) in [5, 5.41) is 12.3. The van der Waals surface area contributed by atoms with Crippen LogP contribution >= 0.6 is 11.8 Å². The van der Waals surface area contributed by atoms with Crippen LogP contribution in [0.2, 0.25) is 0 Å². The third-order valence-electron chi connectivity index (χ3n) is 4.86. The van der Waals surface area contributed by atoms with Crippen LogP contribution in [0.1, 0.15) is 63.7 Å². The van der Waals surface area contributed by atoms with E-state index in [1.54, 1.807) is 0 Å². The quantitative estimate of drug-likeness (QED) is 0.533. The van der Waals surface area contributed by atoms with Gasteiger partial charge in [0, 0.05) is 12.0 Å². The highest BCUT2D eigenvalue weighted by atomic mass is 32.2. The minimum absolute atomic E-state index is 0.0259. The van der Waals surface area contributed by atoms with Crippen molar-refractivity contribution in [1.82, 2.24) is 20.1 Å². The summed E-state index contributed by atoms with van der Waals surface area (Å²) in [6.07, 6.45) is 5.48. The first-order chi connectivity index (χ1) is 12.0. The first-order valence-electron chi connectivity index (χ1n) is 8.99. The van der Waals surface area contributed by atoms with E-state index in [9.17, 15) is 9.59 Å². The van der Waals surface area contributed by atoms with Crippen LogP contribution in [0.15, 0.2) is 5.16 Å². The maximum Gasteiger partial charge on any atom is 0.328 e. The standard InChI is InChI=1S/C17H26N4O3S/c1-4-10(2)14(16(23)24-3)18-13(22)9-25-17-20-19-15(11-5-6-11)21(17)12-7-8-12/h10-12,14H,4-9H2,1-3H3,(H,18,22)/t10-,14-/m0/s1. The Morgan fingerprint density at radius 1 is 1.32 bits per heavy atom. The summed E-state index contributed by atoms with van der Waals surface area (Å²) in [6.45, 7) is 3.92. The van der Waals surface area contributed by atoms with Crippen molar-refractivity contribution in [2.24, 2.45) is 5.92 Å².